The van der Waals surface area contributed by atoms with Gasteiger partial charge < -0.3 is 15.2 Å². The first-order valence-corrected chi connectivity index (χ1v) is 7.80. The zero-order valence-electron chi connectivity index (χ0n) is 11.4. The van der Waals surface area contributed by atoms with Crippen LogP contribution in [0.1, 0.15) is 12.0 Å². The van der Waals surface area contributed by atoms with Crippen LogP contribution in [0, 0.1) is 0 Å². The fourth-order valence-electron chi connectivity index (χ4n) is 1.64. The summed E-state index contributed by atoms with van der Waals surface area (Å²) in [5, 5.41) is 18.6. The largest absolute Gasteiger partial charge is 0.497 e. The zero-order valence-corrected chi connectivity index (χ0v) is 13.8. The van der Waals surface area contributed by atoms with Crippen LogP contribution in [0.5, 0.6) is 5.75 Å². The molecule has 1 aromatic carbocycles. The second kappa shape index (κ2) is 7.41. The molecule has 9 heteroatoms. The first kappa shape index (κ1) is 16.5. The van der Waals surface area contributed by atoms with E-state index in [2.05, 4.69) is 31.4 Å². The monoisotopic (exact) mass is 385 g/mol. The Kier molecular flexibility index (Phi) is 5.56. The van der Waals surface area contributed by atoms with Gasteiger partial charge >= 0.3 is 5.97 Å². The minimum atomic E-state index is -1.03. The number of hydrogen-bond acceptors (Lipinski definition) is 6. The lowest BCUT2D eigenvalue weighted by Crippen LogP contribution is -2.26. The first-order valence-electron chi connectivity index (χ1n) is 6.13. The van der Waals surface area contributed by atoms with Gasteiger partial charge in [0.2, 0.25) is 5.91 Å². The van der Waals surface area contributed by atoms with Gasteiger partial charge in [-0.05, 0) is 18.2 Å². The number of rotatable bonds is 5. The molecule has 0 aromatic heterocycles. The molecule has 2 N–H and O–H groups in total. The molecule has 7 nitrogen and oxygen atoms in total. The van der Waals surface area contributed by atoms with Gasteiger partial charge in [0.15, 0.2) is 5.17 Å². The highest BCUT2D eigenvalue weighted by Crippen LogP contribution is 2.23. The van der Waals surface area contributed by atoms with Crippen molar-refractivity contribution in [3.63, 3.8) is 0 Å². The Morgan fingerprint density at radius 2 is 2.36 bits per heavy atom. The summed E-state index contributed by atoms with van der Waals surface area (Å²) < 4.78 is 5.94. The summed E-state index contributed by atoms with van der Waals surface area (Å²) in [4.78, 5) is 22.2. The zero-order chi connectivity index (χ0) is 16.1. The van der Waals surface area contributed by atoms with Crippen LogP contribution in [0.25, 0.3) is 0 Å². The quantitative estimate of drug-likeness (QED) is 0.594. The summed E-state index contributed by atoms with van der Waals surface area (Å²) in [6, 6.07) is 5.40. The second-order valence-corrected chi connectivity index (χ2v) is 6.28. The van der Waals surface area contributed by atoms with Gasteiger partial charge in [-0.25, -0.2) is 0 Å². The maximum absolute atomic E-state index is 11.5. The number of halogens is 1. The molecule has 1 atom stereocenters. The van der Waals surface area contributed by atoms with Crippen molar-refractivity contribution in [2.45, 2.75) is 11.7 Å². The molecular weight excluding hydrogens is 374 g/mol. The van der Waals surface area contributed by atoms with Crippen molar-refractivity contribution in [1.82, 2.24) is 5.32 Å². The molecule has 1 fully saturated rings. The number of amides is 1. The number of carboxylic acid groups (broad SMARTS) is 1. The van der Waals surface area contributed by atoms with Crippen molar-refractivity contribution < 1.29 is 19.4 Å². The summed E-state index contributed by atoms with van der Waals surface area (Å²) in [6.07, 6.45) is 1.26. The van der Waals surface area contributed by atoms with Crippen LogP contribution in [-0.4, -0.2) is 40.7 Å². The van der Waals surface area contributed by atoms with Crippen LogP contribution in [0.2, 0.25) is 0 Å². The van der Waals surface area contributed by atoms with E-state index >= 15 is 0 Å². The Balaban J connectivity index is 2.06. The number of thioether (sulfide) groups is 1. The normalized spacial score (nSPS) is 19.6. The molecule has 1 saturated heterocycles. The highest BCUT2D eigenvalue weighted by molar-refractivity contribution is 9.10. The Labute approximate surface area is 139 Å². The fraction of sp³-hybridized carbons (Fsp3) is 0.231. The summed E-state index contributed by atoms with van der Waals surface area (Å²) in [5.41, 5.74) is 0.764. The van der Waals surface area contributed by atoms with Gasteiger partial charge in [-0.1, -0.05) is 27.7 Å². The number of carbonyl (C=O) groups is 2. The van der Waals surface area contributed by atoms with Gasteiger partial charge in [0.1, 0.15) is 11.0 Å². The van der Waals surface area contributed by atoms with Gasteiger partial charge in [0.05, 0.1) is 19.7 Å². The number of ether oxygens (including phenoxy) is 1. The van der Waals surface area contributed by atoms with Crippen LogP contribution in [0.4, 0.5) is 0 Å². The number of carboxylic acids is 1. The summed E-state index contributed by atoms with van der Waals surface area (Å²) >= 11 is 4.44. The fourth-order valence-corrected chi connectivity index (χ4v) is 2.90. The Hall–Kier alpha value is -1.87. The maximum atomic E-state index is 11.5. The topological polar surface area (TPSA) is 100 Å². The minimum Gasteiger partial charge on any atom is -0.497 e. The second-order valence-electron chi connectivity index (χ2n) is 4.23. The Morgan fingerprint density at radius 1 is 1.59 bits per heavy atom. The van der Waals surface area contributed by atoms with Crippen molar-refractivity contribution in [2.75, 3.05) is 7.11 Å². The van der Waals surface area contributed by atoms with Crippen LogP contribution in [0.15, 0.2) is 32.9 Å². The van der Waals surface area contributed by atoms with E-state index in [-0.39, 0.29) is 17.5 Å². The van der Waals surface area contributed by atoms with E-state index in [4.69, 9.17) is 9.84 Å². The lowest BCUT2D eigenvalue weighted by Gasteiger charge is -2.02. The van der Waals surface area contributed by atoms with E-state index in [1.165, 1.54) is 6.21 Å². The van der Waals surface area contributed by atoms with Gasteiger partial charge in [-0.2, -0.15) is 5.10 Å². The van der Waals surface area contributed by atoms with Crippen molar-refractivity contribution in [1.29, 1.82) is 0 Å². The van der Waals surface area contributed by atoms with Gasteiger partial charge in [-0.3, -0.25) is 9.59 Å². The number of benzene rings is 1. The summed E-state index contributed by atoms with van der Waals surface area (Å²) in [5.74, 6) is -0.719. The molecule has 1 aromatic rings. The minimum absolute atomic E-state index is 0.249. The highest BCUT2D eigenvalue weighted by Gasteiger charge is 2.32. The number of methoxy groups -OCH3 is 1. The Bertz CT molecular complexity index is 663. The molecule has 0 saturated carbocycles. The number of aliphatic carboxylic acids is 1. The van der Waals surface area contributed by atoms with Crippen LogP contribution < -0.4 is 10.1 Å². The van der Waals surface area contributed by atoms with E-state index in [1.54, 1.807) is 19.2 Å². The molecule has 0 radical (unpaired) electrons. The average molecular weight is 386 g/mol. The van der Waals surface area contributed by atoms with Crippen molar-refractivity contribution in [3.8, 4) is 5.75 Å². The molecule has 0 aliphatic carbocycles. The molecule has 116 valence electrons. The van der Waals surface area contributed by atoms with E-state index < -0.39 is 11.2 Å². The molecular formula is C13H12BrN3O4S. The van der Waals surface area contributed by atoms with Crippen LogP contribution in [0.3, 0.4) is 0 Å². The van der Waals surface area contributed by atoms with E-state index in [0.29, 0.717) is 5.75 Å². The Morgan fingerprint density at radius 3 is 3.05 bits per heavy atom. The predicted octanol–water partition coefficient (Wildman–Crippen LogP) is 1.85. The van der Waals surface area contributed by atoms with Crippen LogP contribution in [-0.2, 0) is 9.59 Å². The standard InChI is InChI=1S/C13H12BrN3O4S/c1-21-8-2-3-9(14)7(4-8)6-15-17-13-16-12(20)10(22-13)5-11(18)19/h2-4,6,10H,5H2,1H3,(H,18,19)(H,16,17,20). The molecule has 1 amide bonds. The number of nitrogens with zero attached hydrogens (tertiary/aromatic N) is 2. The first-order chi connectivity index (χ1) is 10.5. The number of amidine groups is 1. The third kappa shape index (κ3) is 4.31. The SMILES string of the molecule is COc1ccc(Br)c(C=NN=C2NC(=O)C(CC(=O)O)S2)c1. The van der Waals surface area contributed by atoms with Gasteiger partial charge in [0, 0.05) is 10.0 Å². The average Bonchev–Trinajstić information content (AvgIpc) is 2.80. The van der Waals surface area contributed by atoms with Crippen molar-refractivity contribution >= 4 is 51.0 Å². The van der Waals surface area contributed by atoms with Crippen molar-refractivity contribution in [2.24, 2.45) is 10.2 Å². The lowest BCUT2D eigenvalue weighted by atomic mass is 10.2. The smallest absolute Gasteiger partial charge is 0.305 e. The molecule has 0 spiro atoms. The third-order valence-corrected chi connectivity index (χ3v) is 4.48. The number of carbonyl (C=O) groups excluding carboxylic acids is 1. The number of hydrogen-bond donors (Lipinski definition) is 2. The maximum Gasteiger partial charge on any atom is 0.305 e. The van der Waals surface area contributed by atoms with E-state index in [0.717, 1.165) is 21.8 Å². The summed E-state index contributed by atoms with van der Waals surface area (Å²) in [6.45, 7) is 0. The van der Waals surface area contributed by atoms with E-state index in [9.17, 15) is 9.59 Å². The molecule has 22 heavy (non-hydrogen) atoms. The molecule has 1 unspecified atom stereocenters. The van der Waals surface area contributed by atoms with Gasteiger partial charge in [0.25, 0.3) is 0 Å². The highest BCUT2D eigenvalue weighted by atomic mass is 79.9. The molecule has 1 heterocycles. The third-order valence-electron chi connectivity index (χ3n) is 2.69. The molecule has 0 bridgehead atoms. The number of nitrogens with one attached hydrogen (secondary N) is 1. The summed E-state index contributed by atoms with van der Waals surface area (Å²) in [7, 11) is 1.57. The molecule has 1 aliphatic rings. The predicted molar refractivity (Wildman–Crippen MR) is 87.5 cm³/mol. The van der Waals surface area contributed by atoms with Crippen molar-refractivity contribution in [3.05, 3.63) is 28.2 Å². The van der Waals surface area contributed by atoms with Crippen LogP contribution >= 0.6 is 27.7 Å². The van der Waals surface area contributed by atoms with Gasteiger partial charge in [-0.15, -0.1) is 5.10 Å². The molecule has 2 rings (SSSR count). The lowest BCUT2D eigenvalue weighted by molar-refractivity contribution is -0.138. The van der Waals surface area contributed by atoms with E-state index in [1.807, 2.05) is 6.07 Å². The molecule has 1 aliphatic heterocycles.